The molecule has 4 rings (SSSR count). The summed E-state index contributed by atoms with van der Waals surface area (Å²) < 4.78 is 29.4. The van der Waals surface area contributed by atoms with Crippen LogP contribution in [0.15, 0.2) is 53.8 Å². The zero-order valence-electron chi connectivity index (χ0n) is 13.8. The smallest absolute Gasteiger partial charge is 0.183 e. The van der Waals surface area contributed by atoms with E-state index in [0.717, 1.165) is 0 Å². The number of fused-ring (bicyclic) bond motifs is 1. The third-order valence-corrected chi connectivity index (χ3v) is 5.32. The minimum Gasteiger partial charge on any atom is -0.227 e. The highest BCUT2D eigenvalue weighted by Crippen LogP contribution is 2.30. The molecule has 0 saturated carbocycles. The van der Waals surface area contributed by atoms with Crippen LogP contribution in [0.3, 0.4) is 0 Å². The molecule has 0 aliphatic heterocycles. The van der Waals surface area contributed by atoms with Crippen LogP contribution in [0.5, 0.6) is 0 Å². The molecule has 9 heteroatoms. The van der Waals surface area contributed by atoms with Gasteiger partial charge in [0.05, 0.1) is 6.54 Å². The normalized spacial score (nSPS) is 11.2. The average molecular weight is 404 g/mol. The highest BCUT2D eigenvalue weighted by Gasteiger charge is 2.15. The molecule has 2 heterocycles. The molecule has 0 aliphatic rings. The lowest BCUT2D eigenvalue weighted by Crippen LogP contribution is -2.04. The van der Waals surface area contributed by atoms with Crippen molar-refractivity contribution in [3.05, 3.63) is 76.6 Å². The van der Waals surface area contributed by atoms with Crippen molar-refractivity contribution in [3.63, 3.8) is 0 Å². The quantitative estimate of drug-likeness (QED) is 0.363. The van der Waals surface area contributed by atoms with E-state index in [9.17, 15) is 8.78 Å². The molecule has 5 nitrogen and oxygen atoms in total. The molecule has 0 unspecified atom stereocenters. The van der Waals surface area contributed by atoms with E-state index < -0.39 is 0 Å². The van der Waals surface area contributed by atoms with E-state index >= 15 is 0 Å². The Morgan fingerprint density at radius 2 is 1.81 bits per heavy atom. The third-order valence-electron chi connectivity index (χ3n) is 3.96. The molecule has 2 aromatic carbocycles. The highest BCUT2D eigenvalue weighted by atomic mass is 35.5. The lowest BCUT2D eigenvalue weighted by Gasteiger charge is -2.06. The second kappa shape index (κ2) is 7.58. The molecule has 0 N–H and O–H groups in total. The van der Waals surface area contributed by atoms with Gasteiger partial charge in [0, 0.05) is 21.9 Å². The number of benzene rings is 2. The van der Waals surface area contributed by atoms with Gasteiger partial charge in [0.25, 0.3) is 0 Å². The molecule has 2 aromatic heterocycles. The van der Waals surface area contributed by atoms with Gasteiger partial charge in [-0.3, -0.25) is 0 Å². The molecule has 0 fully saturated rings. The van der Waals surface area contributed by atoms with E-state index in [-0.39, 0.29) is 23.9 Å². The van der Waals surface area contributed by atoms with Gasteiger partial charge in [0.15, 0.2) is 11.2 Å². The summed E-state index contributed by atoms with van der Waals surface area (Å²) in [7, 11) is 0. The molecule has 136 valence electrons. The number of rotatable bonds is 5. The maximum absolute atomic E-state index is 14.0. The summed E-state index contributed by atoms with van der Waals surface area (Å²) in [5, 5.41) is 9.10. The minimum atomic E-state index is -0.372. The van der Waals surface area contributed by atoms with Gasteiger partial charge in [-0.15, -0.1) is 5.10 Å². The molecule has 4 aromatic rings. The van der Waals surface area contributed by atoms with E-state index in [4.69, 9.17) is 11.6 Å². The molecular formula is C18H12ClF2N5S. The van der Waals surface area contributed by atoms with Gasteiger partial charge in [-0.1, -0.05) is 52.8 Å². The van der Waals surface area contributed by atoms with Crippen molar-refractivity contribution >= 4 is 34.5 Å². The van der Waals surface area contributed by atoms with Gasteiger partial charge in [0.2, 0.25) is 0 Å². The molecule has 0 atom stereocenters. The summed E-state index contributed by atoms with van der Waals surface area (Å²) in [6, 6.07) is 11.0. The summed E-state index contributed by atoms with van der Waals surface area (Å²) in [6.45, 7) is 0.198. The lowest BCUT2D eigenvalue weighted by molar-refractivity contribution is 0.582. The Labute approximate surface area is 162 Å². The van der Waals surface area contributed by atoms with Crippen LogP contribution in [0.2, 0.25) is 5.02 Å². The second-order valence-electron chi connectivity index (χ2n) is 5.68. The predicted molar refractivity (Wildman–Crippen MR) is 99.6 cm³/mol. The monoisotopic (exact) mass is 403 g/mol. The fourth-order valence-corrected chi connectivity index (χ4v) is 3.86. The Morgan fingerprint density at radius 1 is 1.00 bits per heavy atom. The van der Waals surface area contributed by atoms with Crippen LogP contribution in [0.25, 0.3) is 11.2 Å². The first-order valence-electron chi connectivity index (χ1n) is 7.97. The van der Waals surface area contributed by atoms with Crippen molar-refractivity contribution in [1.82, 2.24) is 25.0 Å². The van der Waals surface area contributed by atoms with E-state index in [1.54, 1.807) is 30.3 Å². The van der Waals surface area contributed by atoms with Gasteiger partial charge in [-0.2, -0.15) is 0 Å². The number of thioether (sulfide) groups is 1. The first kappa shape index (κ1) is 17.8. The molecule has 0 aliphatic carbocycles. The summed E-state index contributed by atoms with van der Waals surface area (Å²) in [6.07, 6.45) is 1.38. The van der Waals surface area contributed by atoms with Gasteiger partial charge in [-0.25, -0.2) is 23.4 Å². The maximum Gasteiger partial charge on any atom is 0.183 e. The summed E-state index contributed by atoms with van der Waals surface area (Å²) >= 11 is 7.36. The van der Waals surface area contributed by atoms with E-state index in [0.29, 0.717) is 32.3 Å². The fourth-order valence-electron chi connectivity index (χ4n) is 2.58. The van der Waals surface area contributed by atoms with Gasteiger partial charge >= 0.3 is 0 Å². The van der Waals surface area contributed by atoms with Crippen molar-refractivity contribution in [3.8, 4) is 0 Å². The topological polar surface area (TPSA) is 56.5 Å². The van der Waals surface area contributed by atoms with Crippen LogP contribution < -0.4 is 0 Å². The molecular weight excluding hydrogens is 392 g/mol. The number of nitrogens with zero attached hydrogens (tertiary/aromatic N) is 5. The Balaban J connectivity index is 1.62. The van der Waals surface area contributed by atoms with Gasteiger partial charge in [0.1, 0.15) is 23.0 Å². The molecule has 27 heavy (non-hydrogen) atoms. The summed E-state index contributed by atoms with van der Waals surface area (Å²) in [5.41, 5.74) is 1.84. The molecule has 0 amide bonds. The van der Waals surface area contributed by atoms with E-state index in [2.05, 4.69) is 20.3 Å². The zero-order valence-corrected chi connectivity index (χ0v) is 15.4. The zero-order chi connectivity index (χ0) is 18.8. The molecule has 0 bridgehead atoms. The van der Waals surface area contributed by atoms with Gasteiger partial charge < -0.3 is 0 Å². The molecule has 0 radical (unpaired) electrons. The standard InChI is InChI=1S/C18H12ClF2N5S/c19-13-5-3-7-15(21)12(13)9-27-18-16-17(22-10-23-18)26(25-24-16)8-11-4-1-2-6-14(11)20/h1-7,10H,8-9H2. The number of aromatic nitrogens is 5. The van der Waals surface area contributed by atoms with E-state index in [1.807, 2.05) is 0 Å². The van der Waals surface area contributed by atoms with Crippen molar-refractivity contribution in [2.24, 2.45) is 0 Å². The predicted octanol–water partition coefficient (Wildman–Crippen LogP) is 4.49. The summed E-state index contributed by atoms with van der Waals surface area (Å²) in [5.74, 6) is -0.403. The van der Waals surface area contributed by atoms with Crippen LogP contribution in [0.1, 0.15) is 11.1 Å². The van der Waals surface area contributed by atoms with Crippen LogP contribution >= 0.6 is 23.4 Å². The molecule has 0 spiro atoms. The number of hydrogen-bond acceptors (Lipinski definition) is 5. The van der Waals surface area contributed by atoms with Gasteiger partial charge in [-0.05, 0) is 18.2 Å². The Hall–Kier alpha value is -2.58. The minimum absolute atomic E-state index is 0.198. The summed E-state index contributed by atoms with van der Waals surface area (Å²) in [4.78, 5) is 8.42. The van der Waals surface area contributed by atoms with Crippen molar-refractivity contribution < 1.29 is 8.78 Å². The van der Waals surface area contributed by atoms with Crippen LogP contribution in [-0.2, 0) is 12.3 Å². The number of hydrogen-bond donors (Lipinski definition) is 0. The average Bonchev–Trinajstić information content (AvgIpc) is 3.07. The highest BCUT2D eigenvalue weighted by molar-refractivity contribution is 7.98. The Kier molecular flexibility index (Phi) is 5.00. The fraction of sp³-hybridized carbons (Fsp3) is 0.111. The maximum atomic E-state index is 14.0. The lowest BCUT2D eigenvalue weighted by atomic mass is 10.2. The van der Waals surface area contributed by atoms with Crippen LogP contribution in [0.4, 0.5) is 8.78 Å². The Morgan fingerprint density at radius 3 is 2.63 bits per heavy atom. The largest absolute Gasteiger partial charge is 0.227 e. The number of halogens is 3. The Bertz CT molecular complexity index is 1100. The molecule has 0 saturated heterocycles. The van der Waals surface area contributed by atoms with Crippen molar-refractivity contribution in [1.29, 1.82) is 0 Å². The second-order valence-corrected chi connectivity index (χ2v) is 7.05. The van der Waals surface area contributed by atoms with Crippen LogP contribution in [0, 0.1) is 11.6 Å². The first-order chi connectivity index (χ1) is 13.1. The van der Waals surface area contributed by atoms with Crippen LogP contribution in [-0.4, -0.2) is 25.0 Å². The SMILES string of the molecule is Fc1ccccc1Cn1nnc2c(SCc3c(F)cccc3Cl)ncnc21. The van der Waals surface area contributed by atoms with Crippen molar-refractivity contribution in [2.75, 3.05) is 0 Å². The third kappa shape index (κ3) is 3.63. The van der Waals surface area contributed by atoms with Crippen molar-refractivity contribution in [2.45, 2.75) is 17.3 Å². The van der Waals surface area contributed by atoms with E-state index in [1.165, 1.54) is 34.9 Å². The first-order valence-corrected chi connectivity index (χ1v) is 9.33.